The fourth-order valence-corrected chi connectivity index (χ4v) is 10.9. The molecule has 6 saturated heterocycles. The number of likely N-dealkylation sites (N-methyl/N-ethyl adjacent to an activating group) is 1. The third-order valence-corrected chi connectivity index (χ3v) is 13.6. The molecule has 4 bridgehead atoms. The van der Waals surface area contributed by atoms with Gasteiger partial charge in [0.05, 0.1) is 13.1 Å². The van der Waals surface area contributed by atoms with E-state index in [4.69, 9.17) is 38.5 Å². The Balaban J connectivity index is 0.933. The minimum Gasteiger partial charge on any atom is -0.456 e. The Hall–Kier alpha value is -2.68. The number of rotatable bonds is 8. The van der Waals surface area contributed by atoms with Crippen molar-refractivity contribution >= 4 is 11.8 Å². The van der Waals surface area contributed by atoms with Crippen LogP contribution in [0.4, 0.5) is 26.3 Å². The predicted octanol–water partition coefficient (Wildman–Crippen LogP) is 5.28. The number of hydrogen-bond acceptors (Lipinski definition) is 11. The number of halogens is 6. The second-order valence-electron chi connectivity index (χ2n) is 17.4. The van der Waals surface area contributed by atoms with E-state index in [0.29, 0.717) is 51.4 Å². The van der Waals surface area contributed by atoms with Crippen molar-refractivity contribution in [3.8, 4) is 0 Å². The SMILES string of the molecule is C[C@@H]1CC[C@H]2C(CNC(=O)CN(C)CC(=O)NCC3=C(C(F)(F)F)O[C@@H]4O[C@]5(C)CC[C@H]6[C@H](C)CC[C@@H]3[C@@]46OO5)=C(C(F)(F)F)O[C@@H]3O[C@]4(C)CC[C@@H]1[C@]32OO4. The van der Waals surface area contributed by atoms with Crippen molar-refractivity contribution in [2.24, 2.45) is 35.5 Å². The van der Waals surface area contributed by atoms with Gasteiger partial charge in [-0.05, 0) is 71.3 Å². The number of nitrogens with one attached hydrogen (secondary N) is 2. The molecule has 0 aromatic heterocycles. The van der Waals surface area contributed by atoms with Gasteiger partial charge in [-0.1, -0.05) is 13.8 Å². The molecule has 2 spiro atoms. The molecule has 2 saturated carbocycles. The second kappa shape index (κ2) is 13.7. The third-order valence-electron chi connectivity index (χ3n) is 13.6. The highest BCUT2D eigenvalue weighted by Gasteiger charge is 2.72. The van der Waals surface area contributed by atoms with E-state index >= 15 is 0 Å². The van der Waals surface area contributed by atoms with Crippen LogP contribution in [-0.2, 0) is 48.1 Å². The van der Waals surface area contributed by atoms with Crippen LogP contribution in [0.2, 0.25) is 0 Å². The molecule has 19 heteroatoms. The summed E-state index contributed by atoms with van der Waals surface area (Å²) in [6.45, 7) is 5.40. The highest BCUT2D eigenvalue weighted by atomic mass is 19.4. The van der Waals surface area contributed by atoms with Crippen LogP contribution in [0.15, 0.2) is 22.7 Å². The third kappa shape index (κ3) is 6.51. The van der Waals surface area contributed by atoms with E-state index in [-0.39, 0.29) is 34.8 Å². The summed E-state index contributed by atoms with van der Waals surface area (Å²) in [5, 5.41) is 5.11. The van der Waals surface area contributed by atoms with Crippen LogP contribution >= 0.6 is 0 Å². The Morgan fingerprint density at radius 1 is 0.661 bits per heavy atom. The smallest absolute Gasteiger partial charge is 0.449 e. The van der Waals surface area contributed by atoms with Crippen LogP contribution in [0, 0.1) is 35.5 Å². The minimum atomic E-state index is -4.89. The monoisotopic (exact) mass is 809 g/mol. The number of carbonyl (C=O) groups is 2. The largest absolute Gasteiger partial charge is 0.456 e. The van der Waals surface area contributed by atoms with Crippen molar-refractivity contribution in [3.63, 3.8) is 0 Å². The maximum Gasteiger partial charge on any atom is 0.449 e. The summed E-state index contributed by atoms with van der Waals surface area (Å²) < 4.78 is 110. The van der Waals surface area contributed by atoms with Crippen molar-refractivity contribution in [2.75, 3.05) is 33.2 Å². The van der Waals surface area contributed by atoms with Crippen molar-refractivity contribution in [3.05, 3.63) is 22.7 Å². The van der Waals surface area contributed by atoms with E-state index < -0.39 is 109 Å². The maximum atomic E-state index is 14.5. The number of alkyl halides is 6. The summed E-state index contributed by atoms with van der Waals surface area (Å²) in [4.78, 5) is 50.9. The molecule has 8 fully saturated rings. The topological polar surface area (TPSA) is 135 Å². The zero-order valence-corrected chi connectivity index (χ0v) is 31.9. The number of carbonyl (C=O) groups excluding carboxylic acids is 2. The van der Waals surface area contributed by atoms with Crippen LogP contribution in [0.5, 0.6) is 0 Å². The summed E-state index contributed by atoms with van der Waals surface area (Å²) in [5.74, 6) is -8.35. The highest BCUT2D eigenvalue weighted by Crippen LogP contribution is 2.63. The zero-order chi connectivity index (χ0) is 40.2. The van der Waals surface area contributed by atoms with E-state index in [1.54, 1.807) is 13.8 Å². The fourth-order valence-electron chi connectivity index (χ4n) is 10.9. The number of nitrogens with zero attached hydrogens (tertiary/aromatic N) is 1. The Kier molecular flexibility index (Phi) is 9.81. The summed E-state index contributed by atoms with van der Waals surface area (Å²) in [6.07, 6.45) is -8.68. The molecule has 2 aliphatic carbocycles. The molecule has 0 aromatic carbocycles. The van der Waals surface area contributed by atoms with Gasteiger partial charge in [-0.3, -0.25) is 14.5 Å². The van der Waals surface area contributed by atoms with E-state index in [1.807, 2.05) is 13.8 Å². The van der Waals surface area contributed by atoms with Gasteiger partial charge in [-0.15, -0.1) is 0 Å². The molecule has 0 unspecified atom stereocenters. The summed E-state index contributed by atoms with van der Waals surface area (Å²) in [7, 11) is 1.43. The van der Waals surface area contributed by atoms with Crippen LogP contribution in [0.1, 0.15) is 79.1 Å². The van der Waals surface area contributed by atoms with E-state index in [9.17, 15) is 35.9 Å². The normalized spacial score (nSPS) is 42.9. The van der Waals surface area contributed by atoms with E-state index in [0.717, 1.165) is 0 Å². The summed E-state index contributed by atoms with van der Waals surface area (Å²) in [6, 6.07) is 0. The predicted molar refractivity (Wildman–Crippen MR) is 177 cm³/mol. The summed E-state index contributed by atoms with van der Waals surface area (Å²) >= 11 is 0. The Morgan fingerprint density at radius 2 is 1.05 bits per heavy atom. The van der Waals surface area contributed by atoms with Gasteiger partial charge < -0.3 is 29.6 Å². The lowest BCUT2D eigenvalue weighted by Gasteiger charge is -2.57. The van der Waals surface area contributed by atoms with Gasteiger partial charge in [0.15, 0.2) is 11.2 Å². The number of fused-ring (bicyclic) bond motifs is 4. The molecule has 13 nitrogen and oxygen atoms in total. The second-order valence-corrected chi connectivity index (χ2v) is 17.4. The van der Waals surface area contributed by atoms with E-state index in [2.05, 4.69) is 10.6 Å². The number of ether oxygens (including phenoxy) is 4. The fraction of sp³-hybridized carbons (Fsp3) is 0.838. The summed E-state index contributed by atoms with van der Waals surface area (Å²) in [5.41, 5.74) is -3.06. The van der Waals surface area contributed by atoms with Gasteiger partial charge in [0.25, 0.3) is 0 Å². The zero-order valence-electron chi connectivity index (χ0n) is 31.9. The van der Waals surface area contributed by atoms with Crippen LogP contribution in [0.25, 0.3) is 0 Å². The quantitative estimate of drug-likeness (QED) is 0.245. The highest BCUT2D eigenvalue weighted by molar-refractivity contribution is 5.81. The lowest BCUT2D eigenvalue weighted by atomic mass is 9.59. The molecule has 12 atom stereocenters. The Labute approximate surface area is 319 Å². The molecule has 8 heterocycles. The molecule has 56 heavy (non-hydrogen) atoms. The number of amides is 2. The van der Waals surface area contributed by atoms with Crippen molar-refractivity contribution < 1.29 is 74.4 Å². The minimum absolute atomic E-state index is 0.0849. The molecule has 2 amide bonds. The molecule has 2 N–H and O–H groups in total. The van der Waals surface area contributed by atoms with Gasteiger partial charge in [0, 0.05) is 60.7 Å². The van der Waals surface area contributed by atoms with Gasteiger partial charge in [-0.2, -0.15) is 26.3 Å². The molecule has 0 radical (unpaired) electrons. The van der Waals surface area contributed by atoms with Crippen molar-refractivity contribution in [1.29, 1.82) is 0 Å². The van der Waals surface area contributed by atoms with Gasteiger partial charge in [-0.25, -0.2) is 19.6 Å². The van der Waals surface area contributed by atoms with Crippen LogP contribution in [0.3, 0.4) is 0 Å². The molecular weight excluding hydrogens is 760 g/mol. The molecule has 10 rings (SSSR count). The molecular formula is C37H49F6N3O10. The lowest BCUT2D eigenvalue weighted by molar-refractivity contribution is -0.557. The molecule has 314 valence electrons. The Bertz CT molecular complexity index is 1560. The first-order valence-corrected chi connectivity index (χ1v) is 19.4. The van der Waals surface area contributed by atoms with Crippen molar-refractivity contribution in [1.82, 2.24) is 15.5 Å². The first-order chi connectivity index (χ1) is 26.2. The van der Waals surface area contributed by atoms with Crippen molar-refractivity contribution in [2.45, 2.75) is 127 Å². The van der Waals surface area contributed by atoms with E-state index in [1.165, 1.54) is 11.9 Å². The van der Waals surface area contributed by atoms with Gasteiger partial charge in [0.1, 0.15) is 0 Å². The van der Waals surface area contributed by atoms with Crippen LogP contribution < -0.4 is 10.6 Å². The van der Waals surface area contributed by atoms with Gasteiger partial charge >= 0.3 is 12.4 Å². The molecule has 10 aliphatic rings. The number of allylic oxidation sites excluding steroid dienone is 2. The molecule has 8 aliphatic heterocycles. The standard InChI is InChI=1S/C37H49F6N3O10/c1-18-6-8-24-20(28(36(38,39)40)49-30-34(24)22(18)10-12-32(3,51-30)53-55-34)14-44-26(47)16-46(5)17-27(48)45-15-21-25-9-7-19(2)23-11-13-33(4)52-31(35(23,25)56-54-33)50-29(21)37(41,42)43/h18-19,22-25,30-31H,6-17H2,1-5H3,(H,44,47)(H,45,48)/t18-,19-,22+,23+,24+,25+,30-,31-,32+,33+,34-,35-/m1/s1. The average Bonchev–Trinajstić information content (AvgIpc) is 3.48. The lowest BCUT2D eigenvalue weighted by Crippen LogP contribution is -2.67. The average molecular weight is 810 g/mol. The first-order valence-electron chi connectivity index (χ1n) is 19.4. The maximum absolute atomic E-state index is 14.5. The van der Waals surface area contributed by atoms with Gasteiger partial charge in [0.2, 0.25) is 47.5 Å². The number of hydrogen-bond donors (Lipinski definition) is 2. The first kappa shape index (κ1) is 40.1. The Morgan fingerprint density at radius 3 is 1.43 bits per heavy atom. The van der Waals surface area contributed by atoms with Crippen LogP contribution in [-0.4, -0.2) is 97.6 Å². The molecule has 0 aromatic rings.